The molecule has 2 aliphatic carbocycles. The summed E-state index contributed by atoms with van der Waals surface area (Å²) in [5.41, 5.74) is 3.91. The number of nitrogens with zero attached hydrogens (tertiary/aromatic N) is 1. The molecule has 2 fully saturated rings. The van der Waals surface area contributed by atoms with Crippen molar-refractivity contribution in [2.24, 2.45) is 22.4 Å². The van der Waals surface area contributed by atoms with Crippen LogP contribution in [0.4, 0.5) is 0 Å². The lowest BCUT2D eigenvalue weighted by Crippen LogP contribution is -2.34. The molecule has 2 saturated carbocycles. The van der Waals surface area contributed by atoms with Crippen molar-refractivity contribution in [3.8, 4) is 0 Å². The first-order valence-electron chi connectivity index (χ1n) is 4.57. The van der Waals surface area contributed by atoms with Gasteiger partial charge in [-0.1, -0.05) is 6.92 Å². The van der Waals surface area contributed by atoms with Gasteiger partial charge in [-0.2, -0.15) is 5.10 Å². The molecule has 3 aliphatic rings. The molecule has 0 aromatic carbocycles. The first kappa shape index (κ1) is 6.04. The van der Waals surface area contributed by atoms with Crippen LogP contribution < -0.4 is 5.43 Å². The normalized spacial score (nSPS) is 58.1. The third-order valence-corrected chi connectivity index (χ3v) is 3.80. The van der Waals surface area contributed by atoms with Crippen LogP contribution in [-0.4, -0.2) is 12.3 Å². The molecular weight excluding hydrogens is 136 g/mol. The average Bonchev–Trinajstić information content (AvgIpc) is 2.36. The van der Waals surface area contributed by atoms with Gasteiger partial charge in [0.05, 0.1) is 6.04 Å². The molecule has 3 rings (SSSR count). The number of hydrogen-bond acceptors (Lipinski definition) is 2. The highest BCUT2D eigenvalue weighted by atomic mass is 15.3. The Labute approximate surface area is 67.1 Å². The zero-order valence-corrected chi connectivity index (χ0v) is 6.88. The molecule has 0 spiro atoms. The van der Waals surface area contributed by atoms with Crippen LogP contribution >= 0.6 is 0 Å². The molecule has 60 valence electrons. The fraction of sp³-hybridized carbons (Fsp3) is 0.889. The van der Waals surface area contributed by atoms with Crippen LogP contribution in [0.3, 0.4) is 0 Å². The van der Waals surface area contributed by atoms with Crippen LogP contribution in [-0.2, 0) is 0 Å². The maximum atomic E-state index is 4.14. The summed E-state index contributed by atoms with van der Waals surface area (Å²) in [6.45, 7) is 2.42. The number of hydrazone groups is 1. The summed E-state index contributed by atoms with van der Waals surface area (Å²) in [7, 11) is 0. The Bertz CT molecular complexity index is 224. The highest BCUT2D eigenvalue weighted by Crippen LogP contribution is 2.62. The molecule has 4 atom stereocenters. The molecule has 2 unspecified atom stereocenters. The van der Waals surface area contributed by atoms with Gasteiger partial charge in [0.2, 0.25) is 0 Å². The molecule has 11 heavy (non-hydrogen) atoms. The van der Waals surface area contributed by atoms with E-state index in [0.717, 1.165) is 11.8 Å². The van der Waals surface area contributed by atoms with E-state index in [1.165, 1.54) is 19.3 Å². The van der Waals surface area contributed by atoms with E-state index in [2.05, 4.69) is 23.7 Å². The first-order chi connectivity index (χ1) is 5.28. The molecular formula is C9H14N2. The number of hydrogen-bond donors (Lipinski definition) is 1. The summed E-state index contributed by atoms with van der Waals surface area (Å²) < 4.78 is 0. The van der Waals surface area contributed by atoms with E-state index < -0.39 is 0 Å². The Morgan fingerprint density at radius 1 is 1.55 bits per heavy atom. The zero-order chi connectivity index (χ0) is 7.47. The van der Waals surface area contributed by atoms with Gasteiger partial charge in [-0.3, -0.25) is 0 Å². The zero-order valence-electron chi connectivity index (χ0n) is 6.88. The Morgan fingerprint density at radius 2 is 2.45 bits per heavy atom. The molecule has 2 nitrogen and oxygen atoms in total. The topological polar surface area (TPSA) is 24.4 Å². The quantitative estimate of drug-likeness (QED) is 0.554. The van der Waals surface area contributed by atoms with Gasteiger partial charge in [-0.05, 0) is 30.6 Å². The molecule has 1 heterocycles. The molecule has 0 aromatic heterocycles. The first-order valence-corrected chi connectivity index (χ1v) is 4.57. The van der Waals surface area contributed by atoms with Crippen LogP contribution in [0, 0.1) is 17.3 Å². The molecule has 0 radical (unpaired) electrons. The average molecular weight is 150 g/mol. The van der Waals surface area contributed by atoms with Gasteiger partial charge < -0.3 is 5.43 Å². The van der Waals surface area contributed by atoms with Crippen molar-refractivity contribution in [1.82, 2.24) is 5.43 Å². The van der Waals surface area contributed by atoms with Gasteiger partial charge in [-0.15, -0.1) is 0 Å². The molecule has 1 aliphatic heterocycles. The maximum absolute atomic E-state index is 4.14. The van der Waals surface area contributed by atoms with Gasteiger partial charge in [-0.25, -0.2) is 0 Å². The summed E-state index contributed by atoms with van der Waals surface area (Å²) in [5, 5.41) is 4.14. The predicted octanol–water partition coefficient (Wildman–Crippen LogP) is 1.38. The highest BCUT2D eigenvalue weighted by molar-refractivity contribution is 5.64. The van der Waals surface area contributed by atoms with Crippen molar-refractivity contribution in [2.75, 3.05) is 0 Å². The lowest BCUT2D eigenvalue weighted by atomic mass is 9.80. The largest absolute Gasteiger partial charge is 0.307 e. The highest BCUT2D eigenvalue weighted by Gasteiger charge is 2.56. The number of fused-ring (bicyclic) bond motifs is 2. The Balaban J connectivity index is 1.84. The van der Waals surface area contributed by atoms with Crippen molar-refractivity contribution in [3.05, 3.63) is 0 Å². The summed E-state index contributed by atoms with van der Waals surface area (Å²) in [6.07, 6.45) is 6.32. The monoisotopic (exact) mass is 150 g/mol. The van der Waals surface area contributed by atoms with Gasteiger partial charge in [0, 0.05) is 12.1 Å². The Morgan fingerprint density at radius 3 is 3.36 bits per heavy atom. The van der Waals surface area contributed by atoms with E-state index in [9.17, 15) is 0 Å². The van der Waals surface area contributed by atoms with Crippen molar-refractivity contribution >= 4 is 6.21 Å². The molecule has 0 saturated heterocycles. The van der Waals surface area contributed by atoms with E-state index in [0.29, 0.717) is 11.5 Å². The standard InChI is InChI=1S/C9H14N2/c1-9-3-7(9)2-6-5-10-11-8(6)4-9/h5-8,11H,2-4H2,1H3/t6?,7-,8?,9-/m0/s1. The lowest BCUT2D eigenvalue weighted by molar-refractivity contribution is 0.272. The Kier molecular flexibility index (Phi) is 0.890. The van der Waals surface area contributed by atoms with Crippen molar-refractivity contribution in [1.29, 1.82) is 0 Å². The summed E-state index contributed by atoms with van der Waals surface area (Å²) in [6, 6.07) is 0.679. The van der Waals surface area contributed by atoms with Crippen LogP contribution in [0.1, 0.15) is 26.2 Å². The van der Waals surface area contributed by atoms with E-state index in [1.807, 2.05) is 0 Å². The molecule has 0 bridgehead atoms. The Hall–Kier alpha value is -0.530. The minimum Gasteiger partial charge on any atom is -0.307 e. The fourth-order valence-corrected chi connectivity index (χ4v) is 2.81. The van der Waals surface area contributed by atoms with E-state index >= 15 is 0 Å². The molecule has 2 heteroatoms. The summed E-state index contributed by atoms with van der Waals surface area (Å²) in [5.74, 6) is 1.78. The molecule has 1 N–H and O–H groups in total. The van der Waals surface area contributed by atoms with Crippen LogP contribution in [0.25, 0.3) is 0 Å². The second kappa shape index (κ2) is 1.62. The number of nitrogens with one attached hydrogen (secondary N) is 1. The van der Waals surface area contributed by atoms with Crippen molar-refractivity contribution in [3.63, 3.8) is 0 Å². The van der Waals surface area contributed by atoms with Crippen molar-refractivity contribution in [2.45, 2.75) is 32.2 Å². The molecule has 0 amide bonds. The molecule has 0 aromatic rings. The van der Waals surface area contributed by atoms with Crippen LogP contribution in [0.2, 0.25) is 0 Å². The van der Waals surface area contributed by atoms with E-state index in [-0.39, 0.29) is 0 Å². The summed E-state index contributed by atoms with van der Waals surface area (Å²) >= 11 is 0. The van der Waals surface area contributed by atoms with E-state index in [1.54, 1.807) is 0 Å². The second-order valence-electron chi connectivity index (χ2n) is 4.67. The smallest absolute Gasteiger partial charge is 0.0523 e. The third-order valence-electron chi connectivity index (χ3n) is 3.80. The third kappa shape index (κ3) is 0.700. The number of rotatable bonds is 0. The SMILES string of the molecule is C[C@]12CC3NN=CC3C[C@H]1C2. The maximum Gasteiger partial charge on any atom is 0.0523 e. The van der Waals surface area contributed by atoms with Gasteiger partial charge in [0.1, 0.15) is 0 Å². The summed E-state index contributed by atoms with van der Waals surface area (Å²) in [4.78, 5) is 0. The van der Waals surface area contributed by atoms with Crippen molar-refractivity contribution < 1.29 is 0 Å². The van der Waals surface area contributed by atoms with Gasteiger partial charge in [0.25, 0.3) is 0 Å². The van der Waals surface area contributed by atoms with Gasteiger partial charge in [0.15, 0.2) is 0 Å². The van der Waals surface area contributed by atoms with E-state index in [4.69, 9.17) is 0 Å². The minimum absolute atomic E-state index is 0.679. The second-order valence-corrected chi connectivity index (χ2v) is 4.67. The lowest BCUT2D eigenvalue weighted by Gasteiger charge is -2.27. The van der Waals surface area contributed by atoms with Crippen LogP contribution in [0.15, 0.2) is 5.10 Å². The fourth-order valence-electron chi connectivity index (χ4n) is 2.81. The van der Waals surface area contributed by atoms with Gasteiger partial charge >= 0.3 is 0 Å². The predicted molar refractivity (Wildman–Crippen MR) is 44.4 cm³/mol. The minimum atomic E-state index is 0.679. The van der Waals surface area contributed by atoms with Crippen LogP contribution in [0.5, 0.6) is 0 Å².